The first-order chi connectivity index (χ1) is 13.2. The first-order valence-corrected chi connectivity index (χ1v) is 9.27. The average Bonchev–Trinajstić information content (AvgIpc) is 2.69. The van der Waals surface area contributed by atoms with Crippen molar-refractivity contribution in [2.75, 3.05) is 19.8 Å². The summed E-state index contributed by atoms with van der Waals surface area (Å²) in [6.45, 7) is 3.95. The van der Waals surface area contributed by atoms with Gasteiger partial charge in [0.15, 0.2) is 0 Å². The largest absolute Gasteiger partial charge is 1.00 e. The van der Waals surface area contributed by atoms with Gasteiger partial charge in [-0.25, -0.2) is 0 Å². The zero-order chi connectivity index (χ0) is 19.3. The van der Waals surface area contributed by atoms with Crippen LogP contribution < -0.4 is 39.4 Å². The van der Waals surface area contributed by atoms with Crippen molar-refractivity contribution < 1.29 is 48.9 Å². The van der Waals surface area contributed by atoms with Crippen LogP contribution in [-0.4, -0.2) is 38.0 Å². The number of unbranched alkanes of at least 4 members (excludes halogenated alkanes) is 1. The SMILES string of the molecule is CCCCOCCOc1ccc(C=NC(Cc2ccccc2)C(=O)[O-])cc1.[Na+]. The number of carboxylic acid groups (broad SMARTS) is 1. The smallest absolute Gasteiger partial charge is 0.548 e. The topological polar surface area (TPSA) is 71.0 Å². The van der Waals surface area contributed by atoms with Gasteiger partial charge >= 0.3 is 29.6 Å². The maximum absolute atomic E-state index is 11.3. The molecule has 0 aliphatic heterocycles. The van der Waals surface area contributed by atoms with Gasteiger partial charge in [-0.1, -0.05) is 43.7 Å². The van der Waals surface area contributed by atoms with Crippen LogP contribution in [0.2, 0.25) is 0 Å². The standard InChI is InChI=1S/C22H27NO4.Na/c1-2-3-13-26-14-15-27-20-11-9-19(10-12-20)17-23-21(22(24)25)16-18-7-5-4-6-8-18;/h4-12,17,21H,2-3,13-16H2,1H3,(H,24,25);/q;+1/p-1. The zero-order valence-electron chi connectivity index (χ0n) is 16.7. The number of aliphatic carboxylic acids is 1. The second-order valence-electron chi connectivity index (χ2n) is 6.19. The molecular formula is C22H26NNaO4. The molecule has 0 saturated carbocycles. The number of carbonyl (C=O) groups excluding carboxylic acids is 1. The quantitative estimate of drug-likeness (QED) is 0.282. The molecule has 0 N–H and O–H groups in total. The first kappa shape index (κ1) is 24.4. The summed E-state index contributed by atoms with van der Waals surface area (Å²) in [5.41, 5.74) is 1.72. The summed E-state index contributed by atoms with van der Waals surface area (Å²) in [4.78, 5) is 15.5. The van der Waals surface area contributed by atoms with E-state index in [2.05, 4.69) is 11.9 Å². The molecule has 28 heavy (non-hydrogen) atoms. The Bertz CT molecular complexity index is 704. The Kier molecular flexibility index (Phi) is 12.5. The first-order valence-electron chi connectivity index (χ1n) is 9.27. The summed E-state index contributed by atoms with van der Waals surface area (Å²) < 4.78 is 11.1. The van der Waals surface area contributed by atoms with Crippen molar-refractivity contribution in [1.29, 1.82) is 0 Å². The van der Waals surface area contributed by atoms with Crippen molar-refractivity contribution in [3.63, 3.8) is 0 Å². The van der Waals surface area contributed by atoms with Gasteiger partial charge in [-0.15, -0.1) is 0 Å². The number of hydrogen-bond donors (Lipinski definition) is 0. The molecular weight excluding hydrogens is 365 g/mol. The van der Waals surface area contributed by atoms with Crippen LogP contribution in [0.5, 0.6) is 5.75 Å². The van der Waals surface area contributed by atoms with Crippen LogP contribution in [0.4, 0.5) is 0 Å². The molecule has 0 saturated heterocycles. The number of carboxylic acids is 1. The van der Waals surface area contributed by atoms with Gasteiger partial charge in [-0.05, 0) is 41.8 Å². The van der Waals surface area contributed by atoms with E-state index < -0.39 is 12.0 Å². The van der Waals surface area contributed by atoms with E-state index in [0.29, 0.717) is 19.6 Å². The Hall–Kier alpha value is -1.66. The van der Waals surface area contributed by atoms with E-state index in [9.17, 15) is 9.90 Å². The summed E-state index contributed by atoms with van der Waals surface area (Å²) in [6.07, 6.45) is 4.04. The fourth-order valence-corrected chi connectivity index (χ4v) is 2.43. The molecule has 0 aliphatic rings. The molecule has 1 atom stereocenters. The van der Waals surface area contributed by atoms with Crippen LogP contribution in [-0.2, 0) is 16.0 Å². The summed E-state index contributed by atoms with van der Waals surface area (Å²) in [6, 6.07) is 15.8. The second-order valence-corrected chi connectivity index (χ2v) is 6.19. The van der Waals surface area contributed by atoms with Crippen LogP contribution >= 0.6 is 0 Å². The van der Waals surface area contributed by atoms with E-state index in [4.69, 9.17) is 9.47 Å². The van der Waals surface area contributed by atoms with Crippen molar-refractivity contribution in [2.24, 2.45) is 4.99 Å². The van der Waals surface area contributed by atoms with Gasteiger partial charge in [-0.2, -0.15) is 0 Å². The monoisotopic (exact) mass is 391 g/mol. The Morgan fingerprint density at radius 2 is 1.79 bits per heavy atom. The van der Waals surface area contributed by atoms with Crippen LogP contribution in [0, 0.1) is 0 Å². The second kappa shape index (κ2) is 14.4. The number of ether oxygens (including phenoxy) is 2. The van der Waals surface area contributed by atoms with Crippen molar-refractivity contribution in [3.05, 3.63) is 65.7 Å². The van der Waals surface area contributed by atoms with Gasteiger partial charge in [-0.3, -0.25) is 4.99 Å². The van der Waals surface area contributed by atoms with Gasteiger partial charge in [0, 0.05) is 19.2 Å². The number of aliphatic imine (C=N–C) groups is 1. The number of rotatable bonds is 12. The fraction of sp³-hybridized carbons (Fsp3) is 0.364. The third-order valence-corrected chi connectivity index (χ3v) is 3.97. The van der Waals surface area contributed by atoms with Crippen LogP contribution in [0.1, 0.15) is 30.9 Å². The van der Waals surface area contributed by atoms with Crippen LogP contribution in [0.15, 0.2) is 59.6 Å². The molecule has 6 heteroatoms. The van der Waals surface area contributed by atoms with E-state index in [-0.39, 0.29) is 29.6 Å². The minimum absolute atomic E-state index is 0. The minimum Gasteiger partial charge on any atom is -0.548 e. The molecule has 2 aromatic rings. The maximum atomic E-state index is 11.3. The Labute approximate surface area is 189 Å². The van der Waals surface area contributed by atoms with Gasteiger partial charge in [0.2, 0.25) is 0 Å². The summed E-state index contributed by atoms with van der Waals surface area (Å²) >= 11 is 0. The molecule has 1 unspecified atom stereocenters. The van der Waals surface area contributed by atoms with Crippen molar-refractivity contribution in [3.8, 4) is 5.75 Å². The van der Waals surface area contributed by atoms with Gasteiger partial charge < -0.3 is 19.4 Å². The van der Waals surface area contributed by atoms with E-state index in [0.717, 1.165) is 36.3 Å². The van der Waals surface area contributed by atoms with Gasteiger partial charge in [0.05, 0.1) is 18.6 Å². The normalized spacial score (nSPS) is 11.8. The Morgan fingerprint density at radius 1 is 1.07 bits per heavy atom. The molecule has 0 aromatic heterocycles. The molecule has 0 spiro atoms. The number of carbonyl (C=O) groups is 1. The van der Waals surface area contributed by atoms with E-state index in [1.165, 1.54) is 0 Å². The van der Waals surface area contributed by atoms with Gasteiger partial charge in [0.1, 0.15) is 12.4 Å². The molecule has 5 nitrogen and oxygen atoms in total. The average molecular weight is 391 g/mol. The molecule has 0 radical (unpaired) electrons. The molecule has 0 bridgehead atoms. The van der Waals surface area contributed by atoms with E-state index in [1.54, 1.807) is 6.21 Å². The maximum Gasteiger partial charge on any atom is 1.00 e. The minimum atomic E-state index is -1.18. The number of nitrogens with zero attached hydrogens (tertiary/aromatic N) is 1. The van der Waals surface area contributed by atoms with E-state index >= 15 is 0 Å². The molecule has 0 aliphatic carbocycles. The number of benzene rings is 2. The molecule has 0 amide bonds. The van der Waals surface area contributed by atoms with Crippen molar-refractivity contribution in [1.82, 2.24) is 0 Å². The van der Waals surface area contributed by atoms with Crippen LogP contribution in [0.25, 0.3) is 0 Å². The summed E-state index contributed by atoms with van der Waals surface area (Å²) in [7, 11) is 0. The van der Waals surface area contributed by atoms with Crippen molar-refractivity contribution in [2.45, 2.75) is 32.2 Å². The van der Waals surface area contributed by atoms with Crippen LogP contribution in [0.3, 0.4) is 0 Å². The Morgan fingerprint density at radius 3 is 2.43 bits per heavy atom. The zero-order valence-corrected chi connectivity index (χ0v) is 18.7. The summed E-state index contributed by atoms with van der Waals surface area (Å²) in [5, 5.41) is 11.3. The molecule has 144 valence electrons. The Balaban J connectivity index is 0.00000392. The predicted molar refractivity (Wildman–Crippen MR) is 104 cm³/mol. The van der Waals surface area contributed by atoms with Crippen molar-refractivity contribution >= 4 is 12.2 Å². The molecule has 0 heterocycles. The summed E-state index contributed by atoms with van der Waals surface area (Å²) in [5.74, 6) is -0.440. The third-order valence-electron chi connectivity index (χ3n) is 3.97. The van der Waals surface area contributed by atoms with E-state index in [1.807, 2.05) is 54.6 Å². The predicted octanol–water partition coefficient (Wildman–Crippen LogP) is -0.334. The molecule has 2 aromatic carbocycles. The molecule has 2 rings (SSSR count). The molecule has 0 fully saturated rings. The fourth-order valence-electron chi connectivity index (χ4n) is 2.43. The third kappa shape index (κ3) is 9.51. The van der Waals surface area contributed by atoms with Gasteiger partial charge in [0.25, 0.3) is 0 Å². The number of hydrogen-bond acceptors (Lipinski definition) is 5.